The molecule has 2 aromatic carbocycles. The number of carbonyl (C=O) groups is 2. The van der Waals surface area contributed by atoms with Crippen LogP contribution in [0.5, 0.6) is 11.5 Å². The number of nitrogens with one attached hydrogen (secondary N) is 1. The summed E-state index contributed by atoms with van der Waals surface area (Å²) in [6.45, 7) is 10.00. The number of fused-ring (bicyclic) bond motifs is 1. The normalized spacial score (nSPS) is 13.5. The van der Waals surface area contributed by atoms with Gasteiger partial charge in [0.25, 0.3) is 0 Å². The van der Waals surface area contributed by atoms with Crippen molar-refractivity contribution in [2.45, 2.75) is 53.1 Å². The van der Waals surface area contributed by atoms with Crippen molar-refractivity contribution >= 4 is 11.8 Å². The van der Waals surface area contributed by atoms with Gasteiger partial charge in [-0.25, -0.2) is 0 Å². The van der Waals surface area contributed by atoms with Gasteiger partial charge < -0.3 is 19.7 Å². The fourth-order valence-corrected chi connectivity index (χ4v) is 3.56. The minimum absolute atomic E-state index is 0.0485. The molecule has 6 nitrogen and oxygen atoms in total. The largest absolute Gasteiger partial charge is 0.486 e. The Balaban J connectivity index is 1.70. The molecule has 0 aromatic heterocycles. The smallest absolute Gasteiger partial charge is 0.242 e. The van der Waals surface area contributed by atoms with E-state index in [0.717, 1.165) is 28.2 Å². The van der Waals surface area contributed by atoms with Crippen molar-refractivity contribution in [3.8, 4) is 11.5 Å². The summed E-state index contributed by atoms with van der Waals surface area (Å²) in [6, 6.07) is 13.3. The number of nitrogens with zero attached hydrogens (tertiary/aromatic N) is 1. The second kappa shape index (κ2) is 11.0. The molecule has 0 unspecified atom stereocenters. The first-order valence-electron chi connectivity index (χ1n) is 11.3. The Labute approximate surface area is 190 Å². The van der Waals surface area contributed by atoms with Gasteiger partial charge in [-0.15, -0.1) is 0 Å². The van der Waals surface area contributed by atoms with Crippen LogP contribution < -0.4 is 14.8 Å². The molecular weight excluding hydrogens is 404 g/mol. The van der Waals surface area contributed by atoms with Crippen LogP contribution in [0.3, 0.4) is 0 Å². The maximum atomic E-state index is 13.3. The van der Waals surface area contributed by atoms with Crippen molar-refractivity contribution in [3.63, 3.8) is 0 Å². The predicted molar refractivity (Wildman–Crippen MR) is 125 cm³/mol. The summed E-state index contributed by atoms with van der Waals surface area (Å²) in [5.74, 6) is 1.63. The zero-order valence-corrected chi connectivity index (χ0v) is 19.5. The lowest BCUT2D eigenvalue weighted by Gasteiger charge is -2.29. The van der Waals surface area contributed by atoms with Gasteiger partial charge in [0.1, 0.15) is 19.3 Å². The average molecular weight is 439 g/mol. The summed E-state index contributed by atoms with van der Waals surface area (Å²) < 4.78 is 11.2. The highest BCUT2D eigenvalue weighted by atomic mass is 16.6. The Morgan fingerprint density at radius 2 is 1.62 bits per heavy atom. The maximum Gasteiger partial charge on any atom is 0.242 e. The number of amides is 2. The van der Waals surface area contributed by atoms with E-state index in [2.05, 4.69) is 5.32 Å². The Morgan fingerprint density at radius 3 is 2.31 bits per heavy atom. The third-order valence-corrected chi connectivity index (χ3v) is 5.56. The molecule has 6 heteroatoms. The molecule has 2 amide bonds. The molecule has 0 aliphatic carbocycles. The van der Waals surface area contributed by atoms with Gasteiger partial charge in [-0.05, 0) is 49.4 Å². The second-order valence-corrected chi connectivity index (χ2v) is 8.80. The van der Waals surface area contributed by atoms with Crippen LogP contribution in [-0.2, 0) is 22.6 Å². The van der Waals surface area contributed by atoms with Gasteiger partial charge in [0.2, 0.25) is 11.8 Å². The molecule has 1 heterocycles. The van der Waals surface area contributed by atoms with Gasteiger partial charge in [-0.3, -0.25) is 9.59 Å². The predicted octanol–water partition coefficient (Wildman–Crippen LogP) is 3.89. The molecule has 0 bridgehead atoms. The first-order chi connectivity index (χ1) is 15.3. The summed E-state index contributed by atoms with van der Waals surface area (Å²) in [4.78, 5) is 27.7. The zero-order valence-electron chi connectivity index (χ0n) is 19.5. The third-order valence-electron chi connectivity index (χ3n) is 5.56. The van der Waals surface area contributed by atoms with Crippen LogP contribution >= 0.6 is 0 Å². The van der Waals surface area contributed by atoms with Gasteiger partial charge in [0, 0.05) is 19.5 Å². The fourth-order valence-electron chi connectivity index (χ4n) is 3.56. The molecule has 0 saturated heterocycles. The Morgan fingerprint density at radius 1 is 0.969 bits per heavy atom. The molecule has 0 spiro atoms. The summed E-state index contributed by atoms with van der Waals surface area (Å²) >= 11 is 0. The van der Waals surface area contributed by atoms with Crippen LogP contribution in [0.4, 0.5) is 0 Å². The van der Waals surface area contributed by atoms with Crippen LogP contribution in [-0.4, -0.2) is 42.5 Å². The van der Waals surface area contributed by atoms with Crippen molar-refractivity contribution < 1.29 is 19.1 Å². The van der Waals surface area contributed by atoms with E-state index in [4.69, 9.17) is 9.47 Å². The molecule has 0 fully saturated rings. The fraction of sp³-hybridized carbons (Fsp3) is 0.462. The van der Waals surface area contributed by atoms with Gasteiger partial charge in [0.15, 0.2) is 11.5 Å². The minimum atomic E-state index is -0.553. The number of ether oxygens (including phenoxy) is 2. The summed E-state index contributed by atoms with van der Waals surface area (Å²) in [6.07, 6.45) is 0.882. The van der Waals surface area contributed by atoms with Crippen LogP contribution in [0.1, 0.15) is 43.9 Å². The van der Waals surface area contributed by atoms with Crippen molar-refractivity contribution in [1.82, 2.24) is 10.2 Å². The van der Waals surface area contributed by atoms with Crippen LogP contribution in [0.15, 0.2) is 42.5 Å². The van der Waals surface area contributed by atoms with Gasteiger partial charge >= 0.3 is 0 Å². The maximum absolute atomic E-state index is 13.3. The monoisotopic (exact) mass is 438 g/mol. The molecule has 0 saturated carbocycles. The SMILES string of the molecule is Cc1ccc(CN(C(=O)CCc2ccc3c(c2)OCCO3)[C@@H](C)C(=O)NCC(C)C)cc1. The number of hydrogen-bond donors (Lipinski definition) is 1. The lowest BCUT2D eigenvalue weighted by atomic mass is 10.1. The van der Waals surface area contributed by atoms with E-state index in [1.807, 2.05) is 63.2 Å². The van der Waals surface area contributed by atoms with Crippen LogP contribution in [0.2, 0.25) is 0 Å². The highest BCUT2D eigenvalue weighted by Crippen LogP contribution is 2.31. The van der Waals surface area contributed by atoms with Crippen molar-refractivity contribution in [2.24, 2.45) is 5.92 Å². The number of benzene rings is 2. The Kier molecular flexibility index (Phi) is 8.14. The quantitative estimate of drug-likeness (QED) is 0.645. The summed E-state index contributed by atoms with van der Waals surface area (Å²) in [7, 11) is 0. The average Bonchev–Trinajstić information content (AvgIpc) is 2.80. The van der Waals surface area contributed by atoms with Crippen molar-refractivity contribution in [3.05, 3.63) is 59.2 Å². The van der Waals surface area contributed by atoms with Gasteiger partial charge in [-0.2, -0.15) is 0 Å². The van der Waals surface area contributed by atoms with Crippen molar-refractivity contribution in [1.29, 1.82) is 0 Å². The number of aryl methyl sites for hydroxylation is 2. The van der Waals surface area contributed by atoms with Gasteiger partial charge in [-0.1, -0.05) is 49.7 Å². The van der Waals surface area contributed by atoms with E-state index < -0.39 is 6.04 Å². The number of carbonyl (C=O) groups excluding carboxylic acids is 2. The lowest BCUT2D eigenvalue weighted by Crippen LogP contribution is -2.48. The molecule has 1 aliphatic heterocycles. The topological polar surface area (TPSA) is 67.9 Å². The van der Waals surface area contributed by atoms with Crippen LogP contribution in [0.25, 0.3) is 0 Å². The highest BCUT2D eigenvalue weighted by Gasteiger charge is 2.26. The molecule has 0 radical (unpaired) electrons. The Hall–Kier alpha value is -3.02. The Bertz CT molecular complexity index is 924. The molecule has 1 aliphatic rings. The molecule has 3 rings (SSSR count). The van der Waals surface area contributed by atoms with E-state index in [1.165, 1.54) is 0 Å². The van der Waals surface area contributed by atoms with E-state index >= 15 is 0 Å². The highest BCUT2D eigenvalue weighted by molar-refractivity contribution is 5.87. The molecule has 1 N–H and O–H groups in total. The second-order valence-electron chi connectivity index (χ2n) is 8.80. The molecule has 1 atom stereocenters. The van der Waals surface area contributed by atoms with Crippen LogP contribution in [0, 0.1) is 12.8 Å². The van der Waals surface area contributed by atoms with E-state index in [1.54, 1.807) is 11.8 Å². The number of hydrogen-bond acceptors (Lipinski definition) is 4. The van der Waals surface area contributed by atoms with E-state index in [-0.39, 0.29) is 11.8 Å². The summed E-state index contributed by atoms with van der Waals surface area (Å²) in [5.41, 5.74) is 3.18. The molecular formula is C26H34N2O4. The molecule has 2 aromatic rings. The number of rotatable bonds is 9. The standard InChI is InChI=1S/C26H34N2O4/c1-18(2)16-27-26(30)20(4)28(17-22-7-5-19(3)6-8-22)25(29)12-10-21-9-11-23-24(15-21)32-14-13-31-23/h5-9,11,15,18,20H,10,12-14,16-17H2,1-4H3,(H,27,30)/t20-/m0/s1. The minimum Gasteiger partial charge on any atom is -0.486 e. The van der Waals surface area contributed by atoms with Crippen molar-refractivity contribution in [2.75, 3.05) is 19.8 Å². The molecule has 32 heavy (non-hydrogen) atoms. The lowest BCUT2D eigenvalue weighted by molar-refractivity contribution is -0.140. The third kappa shape index (κ3) is 6.49. The van der Waals surface area contributed by atoms with Gasteiger partial charge in [0.05, 0.1) is 0 Å². The first-order valence-corrected chi connectivity index (χ1v) is 11.3. The van der Waals surface area contributed by atoms with E-state index in [9.17, 15) is 9.59 Å². The zero-order chi connectivity index (χ0) is 23.1. The van der Waals surface area contributed by atoms with E-state index in [0.29, 0.717) is 45.1 Å². The first kappa shape index (κ1) is 23.6. The summed E-state index contributed by atoms with van der Waals surface area (Å²) in [5, 5.41) is 2.96. The molecule has 172 valence electrons.